The van der Waals surface area contributed by atoms with Crippen molar-refractivity contribution < 1.29 is 4.79 Å². The average molecular weight is 335 g/mol. The molecule has 4 N–H and O–H groups in total. The zero-order valence-electron chi connectivity index (χ0n) is 13.9. The Morgan fingerprint density at radius 3 is 2.68 bits per heavy atom. The molecule has 0 spiro atoms. The number of nitrogen functional groups attached to an aromatic ring is 1. The molecule has 1 fully saturated rings. The minimum atomic E-state index is -0.593. The van der Waals surface area contributed by atoms with Gasteiger partial charge in [0.25, 0.3) is 5.91 Å². The van der Waals surface area contributed by atoms with Crippen LogP contribution in [0.5, 0.6) is 0 Å². The highest BCUT2D eigenvalue weighted by atomic mass is 16.1. The van der Waals surface area contributed by atoms with Crippen LogP contribution < -0.4 is 11.5 Å². The Labute approximate surface area is 143 Å². The summed E-state index contributed by atoms with van der Waals surface area (Å²) in [5.74, 6) is 5.77. The fourth-order valence-corrected chi connectivity index (χ4v) is 3.04. The summed E-state index contributed by atoms with van der Waals surface area (Å²) in [7, 11) is 1.82. The lowest BCUT2D eigenvalue weighted by Gasteiger charge is -2.14. The molecule has 1 amide bonds. The summed E-state index contributed by atoms with van der Waals surface area (Å²) in [4.78, 5) is 20.5. The van der Waals surface area contributed by atoms with Gasteiger partial charge in [-0.25, -0.2) is 9.97 Å². The van der Waals surface area contributed by atoms with Gasteiger partial charge in [-0.3, -0.25) is 9.48 Å². The number of hydrogen-bond acceptors (Lipinski definition) is 5. The SMILES string of the molecule is Cn1cc(C#Cc2c(C(N)=O)c3c(N)ncnc3n2C2(C)CC2)cn1. The first kappa shape index (κ1) is 15.2. The Balaban J connectivity index is 2.05. The maximum absolute atomic E-state index is 12.2. The van der Waals surface area contributed by atoms with E-state index in [-0.39, 0.29) is 16.9 Å². The van der Waals surface area contributed by atoms with Crippen LogP contribution in [0.1, 0.15) is 41.4 Å². The molecule has 8 heteroatoms. The summed E-state index contributed by atoms with van der Waals surface area (Å²) in [6.07, 6.45) is 6.80. The van der Waals surface area contributed by atoms with Gasteiger partial charge in [0.15, 0.2) is 0 Å². The number of rotatable bonds is 2. The summed E-state index contributed by atoms with van der Waals surface area (Å²) in [5.41, 5.74) is 13.7. The van der Waals surface area contributed by atoms with Crippen molar-refractivity contribution in [2.75, 3.05) is 5.73 Å². The predicted molar refractivity (Wildman–Crippen MR) is 92.5 cm³/mol. The van der Waals surface area contributed by atoms with Crippen molar-refractivity contribution in [1.29, 1.82) is 0 Å². The smallest absolute Gasteiger partial charge is 0.252 e. The fourth-order valence-electron chi connectivity index (χ4n) is 3.04. The number of carbonyl (C=O) groups excluding carboxylic acids is 1. The lowest BCUT2D eigenvalue weighted by Crippen LogP contribution is -2.17. The standard InChI is InChI=1S/C17H17N7O/c1-17(5-6-17)24-11(4-3-10-7-22-23(2)8-10)12(15(19)25)13-14(18)20-9-21-16(13)24/h7-9H,5-6H2,1-2H3,(H2,19,25)(H2,18,20,21). The molecule has 0 aliphatic heterocycles. The predicted octanol–water partition coefficient (Wildman–Crippen LogP) is 0.755. The number of carbonyl (C=O) groups is 1. The number of hydrogen-bond donors (Lipinski definition) is 2. The van der Waals surface area contributed by atoms with Crippen LogP contribution in [0, 0.1) is 11.8 Å². The van der Waals surface area contributed by atoms with Crippen molar-refractivity contribution in [3.8, 4) is 11.8 Å². The molecule has 25 heavy (non-hydrogen) atoms. The first-order valence-electron chi connectivity index (χ1n) is 7.86. The van der Waals surface area contributed by atoms with E-state index in [4.69, 9.17) is 11.5 Å². The monoisotopic (exact) mass is 335 g/mol. The second-order valence-corrected chi connectivity index (χ2v) is 6.53. The number of anilines is 1. The first-order valence-corrected chi connectivity index (χ1v) is 7.86. The van der Waals surface area contributed by atoms with Crippen LogP contribution in [0.2, 0.25) is 0 Å². The van der Waals surface area contributed by atoms with Crippen molar-refractivity contribution >= 4 is 22.8 Å². The van der Waals surface area contributed by atoms with E-state index in [9.17, 15) is 4.79 Å². The number of fused-ring (bicyclic) bond motifs is 1. The summed E-state index contributed by atoms with van der Waals surface area (Å²) in [6, 6.07) is 0. The third-order valence-electron chi connectivity index (χ3n) is 4.57. The molecule has 8 nitrogen and oxygen atoms in total. The number of nitrogens with two attached hydrogens (primary N) is 2. The highest BCUT2D eigenvalue weighted by Crippen LogP contribution is 2.47. The van der Waals surface area contributed by atoms with E-state index in [2.05, 4.69) is 33.8 Å². The van der Waals surface area contributed by atoms with Gasteiger partial charge in [0.1, 0.15) is 23.5 Å². The second-order valence-electron chi connectivity index (χ2n) is 6.53. The van der Waals surface area contributed by atoms with Crippen molar-refractivity contribution in [3.63, 3.8) is 0 Å². The Morgan fingerprint density at radius 2 is 2.08 bits per heavy atom. The van der Waals surface area contributed by atoms with Gasteiger partial charge in [-0.15, -0.1) is 0 Å². The maximum Gasteiger partial charge on any atom is 0.252 e. The van der Waals surface area contributed by atoms with E-state index < -0.39 is 5.91 Å². The summed E-state index contributed by atoms with van der Waals surface area (Å²) < 4.78 is 3.64. The summed E-state index contributed by atoms with van der Waals surface area (Å²) in [6.45, 7) is 2.10. The largest absolute Gasteiger partial charge is 0.383 e. The van der Waals surface area contributed by atoms with Crippen LogP contribution in [0.25, 0.3) is 11.0 Å². The topological polar surface area (TPSA) is 118 Å². The number of nitrogens with zero attached hydrogens (tertiary/aromatic N) is 5. The maximum atomic E-state index is 12.2. The zero-order chi connectivity index (χ0) is 17.8. The van der Waals surface area contributed by atoms with Crippen LogP contribution in [0.3, 0.4) is 0 Å². The normalized spacial score (nSPS) is 15.0. The molecular weight excluding hydrogens is 318 g/mol. The van der Waals surface area contributed by atoms with E-state index in [1.165, 1.54) is 6.33 Å². The van der Waals surface area contributed by atoms with Gasteiger partial charge in [-0.05, 0) is 25.7 Å². The van der Waals surface area contributed by atoms with Crippen LogP contribution in [0.4, 0.5) is 5.82 Å². The Kier molecular flexibility index (Phi) is 3.09. The molecule has 0 saturated heterocycles. The molecule has 0 radical (unpaired) electrons. The van der Waals surface area contributed by atoms with Gasteiger partial charge in [-0.1, -0.05) is 5.92 Å². The lowest BCUT2D eigenvalue weighted by atomic mass is 10.1. The lowest BCUT2D eigenvalue weighted by molar-refractivity contribution is 0.100. The quantitative estimate of drug-likeness (QED) is 0.670. The van der Waals surface area contributed by atoms with E-state index in [0.717, 1.165) is 18.4 Å². The number of aryl methyl sites for hydroxylation is 1. The molecule has 126 valence electrons. The van der Waals surface area contributed by atoms with Gasteiger partial charge in [0, 0.05) is 18.8 Å². The van der Waals surface area contributed by atoms with E-state index >= 15 is 0 Å². The van der Waals surface area contributed by atoms with Gasteiger partial charge in [0.2, 0.25) is 0 Å². The van der Waals surface area contributed by atoms with Gasteiger partial charge in [0.05, 0.1) is 22.7 Å². The molecule has 4 rings (SSSR count). The summed E-state index contributed by atoms with van der Waals surface area (Å²) in [5, 5.41) is 4.57. The minimum absolute atomic E-state index is 0.147. The molecule has 3 heterocycles. The van der Waals surface area contributed by atoms with Gasteiger partial charge in [-0.2, -0.15) is 5.10 Å². The fraction of sp³-hybridized carbons (Fsp3) is 0.294. The van der Waals surface area contributed by atoms with Crippen LogP contribution >= 0.6 is 0 Å². The molecule has 3 aromatic rings. The molecule has 1 saturated carbocycles. The molecule has 3 aromatic heterocycles. The zero-order valence-corrected chi connectivity index (χ0v) is 13.9. The second kappa shape index (κ2) is 5.08. The molecule has 0 unspecified atom stereocenters. The molecule has 0 aromatic carbocycles. The van der Waals surface area contributed by atoms with E-state index in [0.29, 0.717) is 16.7 Å². The van der Waals surface area contributed by atoms with Crippen LogP contribution in [-0.4, -0.2) is 30.2 Å². The minimum Gasteiger partial charge on any atom is -0.383 e. The van der Waals surface area contributed by atoms with Crippen molar-refractivity contribution in [3.05, 3.63) is 35.5 Å². The Morgan fingerprint density at radius 1 is 1.32 bits per heavy atom. The van der Waals surface area contributed by atoms with Gasteiger partial charge < -0.3 is 16.0 Å². The number of aromatic nitrogens is 5. The first-order chi connectivity index (χ1) is 11.9. The van der Waals surface area contributed by atoms with Crippen molar-refractivity contribution in [1.82, 2.24) is 24.3 Å². The highest BCUT2D eigenvalue weighted by Gasteiger charge is 2.43. The Bertz CT molecular complexity index is 1080. The third-order valence-corrected chi connectivity index (χ3v) is 4.57. The van der Waals surface area contributed by atoms with Crippen molar-refractivity contribution in [2.24, 2.45) is 12.8 Å². The van der Waals surface area contributed by atoms with E-state index in [1.54, 1.807) is 17.1 Å². The molecule has 0 bridgehead atoms. The Hall–Kier alpha value is -3.34. The molecule has 1 aliphatic carbocycles. The molecule has 0 atom stereocenters. The third kappa shape index (κ3) is 2.32. The van der Waals surface area contributed by atoms with Gasteiger partial charge >= 0.3 is 0 Å². The van der Waals surface area contributed by atoms with Crippen molar-refractivity contribution in [2.45, 2.75) is 25.3 Å². The molecular formula is C17H17N7O. The summed E-state index contributed by atoms with van der Waals surface area (Å²) >= 11 is 0. The van der Waals surface area contributed by atoms with Crippen LogP contribution in [0.15, 0.2) is 18.7 Å². The number of amides is 1. The molecule has 1 aliphatic rings. The average Bonchev–Trinajstić information content (AvgIpc) is 3.02. The number of primary amides is 1. The highest BCUT2D eigenvalue weighted by molar-refractivity contribution is 6.11. The van der Waals surface area contributed by atoms with E-state index in [1.807, 2.05) is 11.6 Å². The van der Waals surface area contributed by atoms with Crippen LogP contribution in [-0.2, 0) is 12.6 Å².